The van der Waals surface area contributed by atoms with Crippen molar-refractivity contribution in [2.75, 3.05) is 0 Å². The zero-order valence-corrected chi connectivity index (χ0v) is 10.0. The summed E-state index contributed by atoms with van der Waals surface area (Å²) < 4.78 is 37.7. The lowest BCUT2D eigenvalue weighted by Gasteiger charge is -2.06. The molecule has 0 N–H and O–H groups in total. The van der Waals surface area contributed by atoms with E-state index in [1.807, 2.05) is 13.8 Å². The second-order valence-corrected chi connectivity index (χ2v) is 4.09. The molecular weight excluding hydrogens is 235 g/mol. The fraction of sp³-hybridized carbons (Fsp3) is 0.364. The predicted octanol–water partition coefficient (Wildman–Crippen LogP) is 4.65. The van der Waals surface area contributed by atoms with Gasteiger partial charge in [0.15, 0.2) is 0 Å². The highest BCUT2D eigenvalue weighted by Gasteiger charge is 2.33. The lowest BCUT2D eigenvalue weighted by molar-refractivity contribution is -0.136. The Morgan fingerprint density at radius 3 is 2.38 bits per heavy atom. The number of aryl methyl sites for hydroxylation is 1. The van der Waals surface area contributed by atoms with Crippen molar-refractivity contribution in [3.05, 3.63) is 28.8 Å². The summed E-state index contributed by atoms with van der Waals surface area (Å²) in [5.74, 6) is 0. The largest absolute Gasteiger partial charge is 0.417 e. The van der Waals surface area contributed by atoms with Crippen molar-refractivity contribution in [2.45, 2.75) is 26.9 Å². The van der Waals surface area contributed by atoms with Gasteiger partial charge in [0.2, 0.25) is 0 Å². The molecule has 1 heterocycles. The highest BCUT2D eigenvalue weighted by Crippen LogP contribution is 2.37. The van der Waals surface area contributed by atoms with Crippen LogP contribution in [0.25, 0.3) is 10.2 Å². The van der Waals surface area contributed by atoms with Crippen molar-refractivity contribution in [2.24, 2.45) is 0 Å². The number of hydrogen-bond acceptors (Lipinski definition) is 2. The van der Waals surface area contributed by atoms with Gasteiger partial charge in [0.25, 0.3) is 0 Å². The zero-order chi connectivity index (χ0) is 12.3. The maximum atomic E-state index is 12.5. The minimum absolute atomic E-state index is 0.220. The normalized spacial score (nSPS) is 11.1. The third-order valence-electron chi connectivity index (χ3n) is 1.83. The van der Waals surface area contributed by atoms with Gasteiger partial charge in [-0.2, -0.15) is 13.2 Å². The zero-order valence-electron chi connectivity index (χ0n) is 9.22. The van der Waals surface area contributed by atoms with Gasteiger partial charge < -0.3 is 0 Å². The molecule has 0 unspecified atom stereocenters. The van der Waals surface area contributed by atoms with Crippen LogP contribution in [0.2, 0.25) is 0 Å². The Bertz CT molecular complexity index is 474. The Kier molecular flexibility index (Phi) is 3.91. The van der Waals surface area contributed by atoms with E-state index >= 15 is 0 Å². The van der Waals surface area contributed by atoms with E-state index in [9.17, 15) is 13.2 Å². The van der Waals surface area contributed by atoms with E-state index in [1.165, 1.54) is 6.07 Å². The number of nitrogens with zero attached hydrogens (tertiary/aromatic N) is 1. The second kappa shape index (κ2) is 4.82. The molecule has 0 radical (unpaired) electrons. The van der Waals surface area contributed by atoms with E-state index < -0.39 is 11.7 Å². The maximum Gasteiger partial charge on any atom is 0.417 e. The average Bonchev–Trinajstić information content (AvgIpc) is 2.58. The van der Waals surface area contributed by atoms with Crippen LogP contribution in [0.4, 0.5) is 13.2 Å². The quantitative estimate of drug-likeness (QED) is 0.660. The molecule has 88 valence electrons. The number of alkyl halides is 3. The molecule has 1 aromatic heterocycles. The van der Waals surface area contributed by atoms with Gasteiger partial charge in [-0.25, -0.2) is 4.98 Å². The van der Waals surface area contributed by atoms with Gasteiger partial charge in [-0.3, -0.25) is 0 Å². The summed E-state index contributed by atoms with van der Waals surface area (Å²) in [6.45, 7) is 5.70. The fourth-order valence-corrected chi connectivity index (χ4v) is 2.23. The smallest absolute Gasteiger partial charge is 0.241 e. The first-order chi connectivity index (χ1) is 7.48. The third-order valence-corrected chi connectivity index (χ3v) is 2.85. The van der Waals surface area contributed by atoms with Crippen LogP contribution in [-0.4, -0.2) is 4.98 Å². The van der Waals surface area contributed by atoms with Crippen LogP contribution in [-0.2, 0) is 6.18 Å². The van der Waals surface area contributed by atoms with Crippen LogP contribution in [0, 0.1) is 6.92 Å². The van der Waals surface area contributed by atoms with Crippen LogP contribution >= 0.6 is 11.3 Å². The minimum atomic E-state index is -4.29. The summed E-state index contributed by atoms with van der Waals surface area (Å²) >= 11 is 1.07. The topological polar surface area (TPSA) is 12.9 Å². The van der Waals surface area contributed by atoms with Crippen LogP contribution in [0.1, 0.15) is 24.4 Å². The Morgan fingerprint density at radius 2 is 1.81 bits per heavy atom. The first kappa shape index (κ1) is 13.0. The van der Waals surface area contributed by atoms with Gasteiger partial charge in [0.1, 0.15) is 0 Å². The van der Waals surface area contributed by atoms with Crippen molar-refractivity contribution in [1.82, 2.24) is 4.98 Å². The molecule has 2 rings (SSSR count). The van der Waals surface area contributed by atoms with E-state index in [0.717, 1.165) is 17.4 Å². The summed E-state index contributed by atoms with van der Waals surface area (Å²) in [7, 11) is 0. The lowest BCUT2D eigenvalue weighted by atomic mass is 10.2. The highest BCUT2D eigenvalue weighted by atomic mass is 32.1. The molecule has 0 fully saturated rings. The molecule has 0 bridgehead atoms. The molecule has 0 spiro atoms. The molecule has 0 aliphatic heterocycles. The van der Waals surface area contributed by atoms with Gasteiger partial charge in [0.05, 0.1) is 20.8 Å². The monoisotopic (exact) mass is 247 g/mol. The van der Waals surface area contributed by atoms with E-state index in [0.29, 0.717) is 10.5 Å². The SMILES string of the molecule is CC.Cc1nc2cccc(C(F)(F)F)c2s1. The van der Waals surface area contributed by atoms with Gasteiger partial charge in [0, 0.05) is 0 Å². The number of thiazole rings is 1. The molecule has 0 saturated heterocycles. The molecule has 2 aromatic rings. The van der Waals surface area contributed by atoms with Crippen molar-refractivity contribution in [1.29, 1.82) is 0 Å². The van der Waals surface area contributed by atoms with Gasteiger partial charge >= 0.3 is 6.18 Å². The fourth-order valence-electron chi connectivity index (χ4n) is 1.28. The van der Waals surface area contributed by atoms with Crippen molar-refractivity contribution in [3.63, 3.8) is 0 Å². The van der Waals surface area contributed by atoms with Gasteiger partial charge in [-0.1, -0.05) is 19.9 Å². The summed E-state index contributed by atoms with van der Waals surface area (Å²) in [6.07, 6.45) is -4.29. The predicted molar refractivity (Wildman–Crippen MR) is 60.7 cm³/mol. The van der Waals surface area contributed by atoms with E-state index in [2.05, 4.69) is 4.98 Å². The molecular formula is C11H12F3NS. The first-order valence-electron chi connectivity index (χ1n) is 4.92. The Hall–Kier alpha value is -1.10. The Balaban J connectivity index is 0.000000606. The van der Waals surface area contributed by atoms with Crippen molar-refractivity contribution < 1.29 is 13.2 Å². The third kappa shape index (κ3) is 2.52. The van der Waals surface area contributed by atoms with Crippen LogP contribution < -0.4 is 0 Å². The highest BCUT2D eigenvalue weighted by molar-refractivity contribution is 7.18. The molecule has 0 atom stereocenters. The van der Waals surface area contributed by atoms with E-state index in [4.69, 9.17) is 0 Å². The van der Waals surface area contributed by atoms with Crippen LogP contribution in [0.5, 0.6) is 0 Å². The molecule has 16 heavy (non-hydrogen) atoms. The lowest BCUT2D eigenvalue weighted by Crippen LogP contribution is -2.04. The number of benzene rings is 1. The number of fused-ring (bicyclic) bond motifs is 1. The summed E-state index contributed by atoms with van der Waals surface area (Å²) in [4.78, 5) is 4.01. The molecule has 1 nitrogen and oxygen atoms in total. The standard InChI is InChI=1S/C9H6F3NS.C2H6/c1-5-13-7-4-2-3-6(8(7)14-5)9(10,11)12;1-2/h2-4H,1H3;1-2H3. The Labute approximate surface area is 95.9 Å². The second-order valence-electron chi connectivity index (χ2n) is 2.88. The summed E-state index contributed by atoms with van der Waals surface area (Å²) in [6, 6.07) is 4.05. The Morgan fingerprint density at radius 1 is 1.19 bits per heavy atom. The van der Waals surface area contributed by atoms with Crippen molar-refractivity contribution >= 4 is 21.6 Å². The molecule has 0 amide bonds. The van der Waals surface area contributed by atoms with Crippen LogP contribution in [0.3, 0.4) is 0 Å². The molecule has 1 aromatic carbocycles. The molecule has 5 heteroatoms. The van der Waals surface area contributed by atoms with Crippen molar-refractivity contribution in [3.8, 4) is 0 Å². The molecule has 0 saturated carbocycles. The van der Waals surface area contributed by atoms with E-state index in [-0.39, 0.29) is 4.70 Å². The van der Waals surface area contributed by atoms with Crippen LogP contribution in [0.15, 0.2) is 18.2 Å². The number of halogens is 3. The number of aromatic nitrogens is 1. The molecule has 0 aliphatic carbocycles. The van der Waals surface area contributed by atoms with Gasteiger partial charge in [-0.15, -0.1) is 11.3 Å². The van der Waals surface area contributed by atoms with E-state index in [1.54, 1.807) is 13.0 Å². The average molecular weight is 247 g/mol. The number of hydrogen-bond donors (Lipinski definition) is 0. The first-order valence-corrected chi connectivity index (χ1v) is 5.73. The minimum Gasteiger partial charge on any atom is -0.241 e. The summed E-state index contributed by atoms with van der Waals surface area (Å²) in [5, 5.41) is 0.650. The summed E-state index contributed by atoms with van der Waals surface area (Å²) in [5.41, 5.74) is -0.178. The maximum absolute atomic E-state index is 12.5. The number of rotatable bonds is 0. The molecule has 0 aliphatic rings. The van der Waals surface area contributed by atoms with Gasteiger partial charge in [-0.05, 0) is 19.1 Å².